The zero-order chi connectivity index (χ0) is 12.5. The Bertz CT molecular complexity index is 294. The molecule has 0 aliphatic heterocycles. The fraction of sp³-hybridized carbons (Fsp3) is 0.923. The van der Waals surface area contributed by atoms with Crippen LogP contribution >= 0.6 is 0 Å². The van der Waals surface area contributed by atoms with Gasteiger partial charge in [-0.05, 0) is 50.4 Å². The van der Waals surface area contributed by atoms with E-state index in [4.69, 9.17) is 10.5 Å². The Hall–Kier alpha value is -0.610. The number of hydrogen-bond donors (Lipinski definition) is 2. The molecule has 0 bridgehead atoms. The molecule has 2 fully saturated rings. The van der Waals surface area contributed by atoms with Crippen LogP contribution in [0.25, 0.3) is 0 Å². The van der Waals surface area contributed by atoms with E-state index in [1.54, 1.807) is 7.11 Å². The molecule has 0 spiro atoms. The van der Waals surface area contributed by atoms with Crippen LogP contribution in [0.4, 0.5) is 0 Å². The van der Waals surface area contributed by atoms with Gasteiger partial charge in [0.1, 0.15) is 0 Å². The van der Waals surface area contributed by atoms with Crippen molar-refractivity contribution in [3.63, 3.8) is 0 Å². The van der Waals surface area contributed by atoms with E-state index >= 15 is 0 Å². The summed E-state index contributed by atoms with van der Waals surface area (Å²) in [5, 5.41) is 3.04. The molecule has 0 saturated heterocycles. The molecular weight excluding hydrogens is 216 g/mol. The van der Waals surface area contributed by atoms with E-state index in [2.05, 4.69) is 5.32 Å². The highest BCUT2D eigenvalue weighted by Crippen LogP contribution is 2.48. The van der Waals surface area contributed by atoms with Gasteiger partial charge in [-0.3, -0.25) is 4.79 Å². The standard InChI is InChI=1S/C13H24N2O2/c1-12(14,10-3-4-10)11(16)15-9-13(5-6-13)7-8-17-2/h10H,3-9,14H2,1-2H3,(H,15,16). The maximum absolute atomic E-state index is 12.0. The van der Waals surface area contributed by atoms with Gasteiger partial charge in [0, 0.05) is 20.3 Å². The smallest absolute Gasteiger partial charge is 0.240 e. The van der Waals surface area contributed by atoms with E-state index in [1.165, 1.54) is 12.8 Å². The minimum atomic E-state index is -0.669. The number of carbonyl (C=O) groups excluding carboxylic acids is 1. The average molecular weight is 240 g/mol. The van der Waals surface area contributed by atoms with Crippen LogP contribution < -0.4 is 11.1 Å². The monoisotopic (exact) mass is 240 g/mol. The molecule has 0 aromatic rings. The molecule has 1 atom stereocenters. The molecule has 0 heterocycles. The number of carbonyl (C=O) groups is 1. The highest BCUT2D eigenvalue weighted by atomic mass is 16.5. The number of nitrogens with two attached hydrogens (primary N) is 1. The first-order valence-electron chi connectivity index (χ1n) is 6.56. The van der Waals surface area contributed by atoms with Gasteiger partial charge in [0.25, 0.3) is 0 Å². The summed E-state index contributed by atoms with van der Waals surface area (Å²) < 4.78 is 5.10. The minimum Gasteiger partial charge on any atom is -0.385 e. The van der Waals surface area contributed by atoms with Gasteiger partial charge in [-0.25, -0.2) is 0 Å². The Kier molecular flexibility index (Phi) is 3.46. The van der Waals surface area contributed by atoms with Crippen LogP contribution in [0.5, 0.6) is 0 Å². The average Bonchev–Trinajstić information content (AvgIpc) is 3.16. The van der Waals surface area contributed by atoms with E-state index in [9.17, 15) is 4.79 Å². The van der Waals surface area contributed by atoms with Gasteiger partial charge in [-0.1, -0.05) is 0 Å². The first-order valence-corrected chi connectivity index (χ1v) is 6.56. The Morgan fingerprint density at radius 1 is 1.53 bits per heavy atom. The zero-order valence-electron chi connectivity index (χ0n) is 10.9. The predicted molar refractivity (Wildman–Crippen MR) is 66.5 cm³/mol. The third-order valence-corrected chi connectivity index (χ3v) is 4.33. The largest absolute Gasteiger partial charge is 0.385 e. The zero-order valence-corrected chi connectivity index (χ0v) is 10.9. The lowest BCUT2D eigenvalue weighted by atomic mass is 9.95. The third-order valence-electron chi connectivity index (χ3n) is 4.33. The van der Waals surface area contributed by atoms with Crippen LogP contribution in [-0.2, 0) is 9.53 Å². The second-order valence-electron chi connectivity index (χ2n) is 5.98. The summed E-state index contributed by atoms with van der Waals surface area (Å²) in [6.07, 6.45) is 5.61. The molecule has 17 heavy (non-hydrogen) atoms. The summed E-state index contributed by atoms with van der Waals surface area (Å²) in [4.78, 5) is 12.0. The molecule has 2 aliphatic rings. The summed E-state index contributed by atoms with van der Waals surface area (Å²) in [5.74, 6) is 0.403. The predicted octanol–water partition coefficient (Wildman–Crippen LogP) is 1.05. The summed E-state index contributed by atoms with van der Waals surface area (Å²) >= 11 is 0. The van der Waals surface area contributed by atoms with Crippen LogP contribution in [0.3, 0.4) is 0 Å². The van der Waals surface area contributed by atoms with Gasteiger partial charge in [-0.15, -0.1) is 0 Å². The summed E-state index contributed by atoms with van der Waals surface area (Å²) in [6, 6.07) is 0. The Labute approximate surface area is 103 Å². The number of methoxy groups -OCH3 is 1. The van der Waals surface area contributed by atoms with Crippen molar-refractivity contribution >= 4 is 5.91 Å². The maximum atomic E-state index is 12.0. The van der Waals surface area contributed by atoms with Crippen molar-refractivity contribution in [3.8, 4) is 0 Å². The van der Waals surface area contributed by atoms with Crippen molar-refractivity contribution in [1.29, 1.82) is 0 Å². The number of amides is 1. The number of hydrogen-bond acceptors (Lipinski definition) is 3. The van der Waals surface area contributed by atoms with Crippen molar-refractivity contribution in [3.05, 3.63) is 0 Å². The van der Waals surface area contributed by atoms with E-state index in [-0.39, 0.29) is 5.91 Å². The first kappa shape index (κ1) is 12.8. The molecule has 3 N–H and O–H groups in total. The quantitative estimate of drug-likeness (QED) is 0.699. The topological polar surface area (TPSA) is 64.3 Å². The van der Waals surface area contributed by atoms with Crippen molar-refractivity contribution in [1.82, 2.24) is 5.32 Å². The highest BCUT2D eigenvalue weighted by molar-refractivity contribution is 5.86. The Balaban J connectivity index is 1.76. The third kappa shape index (κ3) is 2.99. The van der Waals surface area contributed by atoms with Gasteiger partial charge in [0.15, 0.2) is 0 Å². The molecule has 4 heteroatoms. The van der Waals surface area contributed by atoms with E-state index < -0.39 is 5.54 Å². The van der Waals surface area contributed by atoms with Crippen molar-refractivity contribution < 1.29 is 9.53 Å². The molecule has 2 aliphatic carbocycles. The molecule has 1 unspecified atom stereocenters. The number of rotatable bonds is 7. The molecule has 0 aromatic carbocycles. The summed E-state index contributed by atoms with van der Waals surface area (Å²) in [6.45, 7) is 3.39. The fourth-order valence-corrected chi connectivity index (χ4v) is 2.34. The van der Waals surface area contributed by atoms with Crippen molar-refractivity contribution in [2.75, 3.05) is 20.3 Å². The van der Waals surface area contributed by atoms with E-state index in [0.717, 1.165) is 32.4 Å². The lowest BCUT2D eigenvalue weighted by Gasteiger charge is -2.25. The molecule has 2 saturated carbocycles. The van der Waals surface area contributed by atoms with Crippen LogP contribution in [0.15, 0.2) is 0 Å². The fourth-order valence-electron chi connectivity index (χ4n) is 2.34. The maximum Gasteiger partial charge on any atom is 0.240 e. The molecule has 2 rings (SSSR count). The Morgan fingerprint density at radius 2 is 2.18 bits per heavy atom. The van der Waals surface area contributed by atoms with Gasteiger partial charge in [0.05, 0.1) is 5.54 Å². The normalized spacial score (nSPS) is 25.1. The SMILES string of the molecule is COCCC1(CNC(=O)C(C)(N)C2CC2)CC1. The van der Waals surface area contributed by atoms with Crippen LogP contribution in [0, 0.1) is 11.3 Å². The van der Waals surface area contributed by atoms with Crippen LogP contribution in [0.2, 0.25) is 0 Å². The lowest BCUT2D eigenvalue weighted by Crippen LogP contribution is -2.54. The molecular formula is C13H24N2O2. The van der Waals surface area contributed by atoms with Gasteiger partial charge >= 0.3 is 0 Å². The van der Waals surface area contributed by atoms with E-state index in [0.29, 0.717) is 11.3 Å². The number of ether oxygens (including phenoxy) is 1. The molecule has 4 nitrogen and oxygen atoms in total. The van der Waals surface area contributed by atoms with Gasteiger partial charge in [-0.2, -0.15) is 0 Å². The molecule has 98 valence electrons. The van der Waals surface area contributed by atoms with Crippen molar-refractivity contribution in [2.45, 2.75) is 44.6 Å². The van der Waals surface area contributed by atoms with Crippen LogP contribution in [0.1, 0.15) is 39.0 Å². The second kappa shape index (κ2) is 4.58. The second-order valence-corrected chi connectivity index (χ2v) is 5.98. The van der Waals surface area contributed by atoms with Gasteiger partial charge < -0.3 is 15.8 Å². The number of nitrogens with one attached hydrogen (secondary N) is 1. The Morgan fingerprint density at radius 3 is 2.65 bits per heavy atom. The first-order chi connectivity index (χ1) is 8.00. The molecule has 0 radical (unpaired) electrons. The molecule has 0 aromatic heterocycles. The highest BCUT2D eigenvalue weighted by Gasteiger charge is 2.46. The minimum absolute atomic E-state index is 0.0173. The van der Waals surface area contributed by atoms with Gasteiger partial charge in [0.2, 0.25) is 5.91 Å². The summed E-state index contributed by atoms with van der Waals surface area (Å²) in [5.41, 5.74) is 5.71. The van der Waals surface area contributed by atoms with Crippen molar-refractivity contribution in [2.24, 2.45) is 17.1 Å². The lowest BCUT2D eigenvalue weighted by molar-refractivity contribution is -0.126. The van der Waals surface area contributed by atoms with E-state index in [1.807, 2.05) is 6.92 Å². The molecule has 1 amide bonds. The van der Waals surface area contributed by atoms with Crippen LogP contribution in [-0.4, -0.2) is 31.7 Å². The summed E-state index contributed by atoms with van der Waals surface area (Å²) in [7, 11) is 1.72.